The third kappa shape index (κ3) is 5.61. The zero-order valence-corrected chi connectivity index (χ0v) is 19.3. The summed E-state index contributed by atoms with van der Waals surface area (Å²) in [7, 11) is -3.92. The Labute approximate surface area is 196 Å². The van der Waals surface area contributed by atoms with Gasteiger partial charge in [0.15, 0.2) is 9.84 Å². The fourth-order valence-electron chi connectivity index (χ4n) is 4.07. The molecule has 1 aliphatic heterocycles. The first-order valence-corrected chi connectivity index (χ1v) is 12.9. The molecule has 10 heteroatoms. The molecule has 2 aromatic rings. The molecule has 1 saturated heterocycles. The Hall–Kier alpha value is -2.85. The number of aliphatic hydroxyl groups is 1. The molecule has 1 heterocycles. The van der Waals surface area contributed by atoms with Crippen molar-refractivity contribution in [2.24, 2.45) is 0 Å². The van der Waals surface area contributed by atoms with Crippen LogP contribution in [0.2, 0.25) is 0 Å². The maximum atomic E-state index is 12.9. The summed E-state index contributed by atoms with van der Waals surface area (Å²) in [5.74, 6) is -2.05. The van der Waals surface area contributed by atoms with Crippen molar-refractivity contribution in [3.63, 3.8) is 0 Å². The lowest BCUT2D eigenvalue weighted by Crippen LogP contribution is -2.53. The Morgan fingerprint density at radius 3 is 2.15 bits per heavy atom. The van der Waals surface area contributed by atoms with Crippen molar-refractivity contribution < 1.29 is 31.9 Å². The Morgan fingerprint density at radius 2 is 1.56 bits per heavy atom. The topological polar surface area (TPSA) is 95.0 Å². The van der Waals surface area contributed by atoms with Gasteiger partial charge in [0.05, 0.1) is 5.75 Å². The molecule has 1 aliphatic carbocycles. The van der Waals surface area contributed by atoms with Gasteiger partial charge in [-0.1, -0.05) is 36.4 Å². The summed E-state index contributed by atoms with van der Waals surface area (Å²) in [6, 6.07) is 13.5. The molecule has 182 valence electrons. The van der Waals surface area contributed by atoms with Crippen LogP contribution in [0.1, 0.15) is 28.8 Å². The highest BCUT2D eigenvalue weighted by Gasteiger charge is 2.50. The van der Waals surface area contributed by atoms with Gasteiger partial charge in [-0.05, 0) is 41.7 Å². The van der Waals surface area contributed by atoms with E-state index in [1.165, 1.54) is 0 Å². The highest BCUT2D eigenvalue weighted by atomic mass is 32.2. The summed E-state index contributed by atoms with van der Waals surface area (Å²) < 4.78 is 48.7. The quantitative estimate of drug-likeness (QED) is 0.640. The van der Waals surface area contributed by atoms with Crippen LogP contribution >= 0.6 is 0 Å². The van der Waals surface area contributed by atoms with Crippen LogP contribution in [0.15, 0.2) is 48.5 Å². The highest BCUT2D eigenvalue weighted by molar-refractivity contribution is 7.90. The molecule has 2 aromatic carbocycles. The molecule has 0 unspecified atom stereocenters. The standard InChI is InChI=1S/C24H26F2N2O5S/c25-21(26)16-34(32,33)15-17-2-1-3-20(14-17)18-4-6-19(7-5-18)22(29)27-10-12-28(13-11-27)23(30)24(31)8-9-24/h1-7,14,21,31H,8-13,15-16H2. The molecule has 2 fully saturated rings. The SMILES string of the molecule is O=C(c1ccc(-c2cccc(CS(=O)(=O)CC(F)F)c2)cc1)N1CCN(C(=O)C2(O)CC2)CC1. The molecule has 0 radical (unpaired) electrons. The molecular formula is C24H26F2N2O5S. The number of hydrogen-bond donors (Lipinski definition) is 1. The molecule has 1 N–H and O–H groups in total. The smallest absolute Gasteiger partial charge is 0.254 e. The minimum Gasteiger partial charge on any atom is -0.380 e. The number of hydrogen-bond acceptors (Lipinski definition) is 5. The fourth-order valence-corrected chi connectivity index (χ4v) is 5.26. The lowest BCUT2D eigenvalue weighted by Gasteiger charge is -2.35. The second-order valence-electron chi connectivity index (χ2n) is 8.84. The van der Waals surface area contributed by atoms with E-state index in [1.807, 2.05) is 0 Å². The number of halogens is 2. The van der Waals surface area contributed by atoms with Crippen LogP contribution in [0.5, 0.6) is 0 Å². The van der Waals surface area contributed by atoms with Crippen molar-refractivity contribution in [2.45, 2.75) is 30.6 Å². The predicted molar refractivity (Wildman–Crippen MR) is 122 cm³/mol. The van der Waals surface area contributed by atoms with Crippen molar-refractivity contribution in [2.75, 3.05) is 31.9 Å². The summed E-state index contributed by atoms with van der Waals surface area (Å²) in [5, 5.41) is 10.00. The zero-order valence-electron chi connectivity index (χ0n) is 18.5. The van der Waals surface area contributed by atoms with E-state index >= 15 is 0 Å². The molecule has 0 bridgehead atoms. The Kier molecular flexibility index (Phi) is 6.73. The van der Waals surface area contributed by atoms with E-state index in [0.717, 1.165) is 5.56 Å². The van der Waals surface area contributed by atoms with Crippen molar-refractivity contribution >= 4 is 21.7 Å². The van der Waals surface area contributed by atoms with Gasteiger partial charge in [-0.2, -0.15) is 0 Å². The molecular weight excluding hydrogens is 466 g/mol. The normalized spacial score (nSPS) is 17.6. The maximum absolute atomic E-state index is 12.9. The van der Waals surface area contributed by atoms with Crippen molar-refractivity contribution in [1.82, 2.24) is 9.80 Å². The summed E-state index contributed by atoms with van der Waals surface area (Å²) in [6.45, 7) is 1.54. The molecule has 0 aromatic heterocycles. The van der Waals surface area contributed by atoms with Gasteiger partial charge in [0, 0.05) is 31.7 Å². The van der Waals surface area contributed by atoms with E-state index < -0.39 is 33.4 Å². The first-order chi connectivity index (χ1) is 16.1. The van der Waals surface area contributed by atoms with Crippen LogP contribution in [-0.4, -0.2) is 79.1 Å². The average molecular weight is 493 g/mol. The van der Waals surface area contributed by atoms with Gasteiger partial charge in [0.1, 0.15) is 11.4 Å². The molecule has 0 spiro atoms. The van der Waals surface area contributed by atoms with E-state index in [-0.39, 0.29) is 11.8 Å². The number of amides is 2. The lowest BCUT2D eigenvalue weighted by molar-refractivity contribution is -0.143. The summed E-state index contributed by atoms with van der Waals surface area (Å²) >= 11 is 0. The minimum absolute atomic E-state index is 0.157. The molecule has 7 nitrogen and oxygen atoms in total. The van der Waals surface area contributed by atoms with Crippen LogP contribution in [0, 0.1) is 0 Å². The van der Waals surface area contributed by atoms with Gasteiger partial charge in [-0.15, -0.1) is 0 Å². The van der Waals surface area contributed by atoms with E-state index in [0.29, 0.717) is 55.7 Å². The lowest BCUT2D eigenvalue weighted by atomic mass is 10.0. The monoisotopic (exact) mass is 492 g/mol. The van der Waals surface area contributed by atoms with E-state index in [2.05, 4.69) is 0 Å². The second-order valence-corrected chi connectivity index (χ2v) is 10.9. The number of nitrogens with zero attached hydrogens (tertiary/aromatic N) is 2. The molecule has 0 atom stereocenters. The van der Waals surface area contributed by atoms with Crippen molar-refractivity contribution in [1.29, 1.82) is 0 Å². The van der Waals surface area contributed by atoms with Crippen molar-refractivity contribution in [3.8, 4) is 11.1 Å². The fraction of sp³-hybridized carbons (Fsp3) is 0.417. The number of rotatable bonds is 7. The Bertz CT molecular complexity index is 1170. The Morgan fingerprint density at radius 1 is 0.941 bits per heavy atom. The third-order valence-corrected chi connectivity index (χ3v) is 7.67. The van der Waals surface area contributed by atoms with Gasteiger partial charge >= 0.3 is 0 Å². The molecule has 2 aliphatic rings. The van der Waals surface area contributed by atoms with Gasteiger partial charge in [0.25, 0.3) is 18.2 Å². The maximum Gasteiger partial charge on any atom is 0.254 e. The zero-order chi connectivity index (χ0) is 24.5. The summed E-state index contributed by atoms with van der Waals surface area (Å²) in [6.07, 6.45) is -1.93. The molecule has 4 rings (SSSR count). The van der Waals surface area contributed by atoms with Crippen LogP contribution < -0.4 is 0 Å². The highest BCUT2D eigenvalue weighted by Crippen LogP contribution is 2.37. The van der Waals surface area contributed by atoms with E-state index in [9.17, 15) is 31.9 Å². The minimum atomic E-state index is -3.92. The number of sulfone groups is 1. The van der Waals surface area contributed by atoms with Crippen LogP contribution in [0.25, 0.3) is 11.1 Å². The summed E-state index contributed by atoms with van der Waals surface area (Å²) in [5.41, 5.74) is 1.18. The molecule has 2 amide bonds. The molecule has 1 saturated carbocycles. The summed E-state index contributed by atoms with van der Waals surface area (Å²) in [4.78, 5) is 28.4. The van der Waals surface area contributed by atoms with Crippen LogP contribution in [0.3, 0.4) is 0 Å². The number of carbonyl (C=O) groups is 2. The average Bonchev–Trinajstić information content (AvgIpc) is 3.56. The van der Waals surface area contributed by atoms with Crippen LogP contribution in [0.4, 0.5) is 8.78 Å². The largest absolute Gasteiger partial charge is 0.380 e. The number of alkyl halides is 2. The van der Waals surface area contributed by atoms with Gasteiger partial charge < -0.3 is 14.9 Å². The van der Waals surface area contributed by atoms with Crippen LogP contribution in [-0.2, 0) is 20.4 Å². The van der Waals surface area contributed by atoms with E-state index in [1.54, 1.807) is 58.3 Å². The first-order valence-electron chi connectivity index (χ1n) is 11.1. The Balaban J connectivity index is 1.39. The van der Waals surface area contributed by atoms with Gasteiger partial charge in [0.2, 0.25) is 0 Å². The predicted octanol–water partition coefficient (Wildman–Crippen LogP) is 2.34. The second kappa shape index (κ2) is 9.42. The van der Waals surface area contributed by atoms with Gasteiger partial charge in [-0.3, -0.25) is 9.59 Å². The third-order valence-electron chi connectivity index (χ3n) is 6.13. The molecule has 34 heavy (non-hydrogen) atoms. The van der Waals surface area contributed by atoms with Crippen molar-refractivity contribution in [3.05, 3.63) is 59.7 Å². The van der Waals surface area contributed by atoms with Gasteiger partial charge in [-0.25, -0.2) is 17.2 Å². The number of carbonyl (C=O) groups excluding carboxylic acids is 2. The first kappa shape index (κ1) is 24.3. The number of piperazine rings is 1. The van der Waals surface area contributed by atoms with E-state index in [4.69, 9.17) is 0 Å². The number of benzene rings is 2.